The first-order chi connectivity index (χ1) is 29.7. The second kappa shape index (κ2) is 13.9. The minimum atomic E-state index is 1.09. The molecule has 0 saturated heterocycles. The summed E-state index contributed by atoms with van der Waals surface area (Å²) in [4.78, 5) is 2.37. The lowest BCUT2D eigenvalue weighted by Gasteiger charge is -2.26. The lowest BCUT2D eigenvalue weighted by atomic mass is 10.00. The normalized spacial score (nSPS) is 11.7. The van der Waals surface area contributed by atoms with Crippen molar-refractivity contribution in [3.8, 4) is 27.9 Å². The highest BCUT2D eigenvalue weighted by molar-refractivity contribution is 6.28. The van der Waals surface area contributed by atoms with Gasteiger partial charge in [-0.15, -0.1) is 0 Å². The first-order valence-corrected chi connectivity index (χ1v) is 20.7. The van der Waals surface area contributed by atoms with E-state index in [0.717, 1.165) is 22.7 Å². The van der Waals surface area contributed by atoms with Crippen molar-refractivity contribution in [2.75, 3.05) is 4.90 Å². The first-order valence-electron chi connectivity index (χ1n) is 20.7. The van der Waals surface area contributed by atoms with Crippen LogP contribution in [0.25, 0.3) is 92.8 Å². The van der Waals surface area contributed by atoms with E-state index in [2.05, 4.69) is 240 Å². The summed E-state index contributed by atoms with van der Waals surface area (Å²) in [5, 5.41) is 12.6. The van der Waals surface area contributed by atoms with Gasteiger partial charge in [-0.1, -0.05) is 158 Å². The van der Waals surface area contributed by atoms with Crippen molar-refractivity contribution in [2.45, 2.75) is 0 Å². The Bertz CT molecular complexity index is 3360. The number of aromatic nitrogens is 1. The second-order valence-electron chi connectivity index (χ2n) is 15.8. The highest BCUT2D eigenvalue weighted by atomic mass is 15.1. The minimum absolute atomic E-state index is 1.09. The van der Waals surface area contributed by atoms with Gasteiger partial charge in [-0.05, 0) is 138 Å². The number of hydrogen-bond donors (Lipinski definition) is 0. The number of hydrogen-bond acceptors (Lipinski definition) is 1. The van der Waals surface area contributed by atoms with Crippen LogP contribution in [-0.2, 0) is 0 Å². The van der Waals surface area contributed by atoms with Crippen LogP contribution in [0.5, 0.6) is 0 Å². The third kappa shape index (κ3) is 5.65. The minimum Gasteiger partial charge on any atom is -0.311 e. The van der Waals surface area contributed by atoms with Gasteiger partial charge in [0.25, 0.3) is 0 Å². The molecule has 0 aliphatic heterocycles. The van der Waals surface area contributed by atoms with E-state index in [0.29, 0.717) is 0 Å². The molecule has 2 heteroatoms. The van der Waals surface area contributed by atoms with Crippen molar-refractivity contribution in [1.82, 2.24) is 4.57 Å². The van der Waals surface area contributed by atoms with Crippen LogP contribution in [-0.4, -0.2) is 4.57 Å². The molecule has 0 bridgehead atoms. The predicted octanol–water partition coefficient (Wildman–Crippen LogP) is 16.2. The third-order valence-corrected chi connectivity index (χ3v) is 12.3. The maximum Gasteiger partial charge on any atom is 0.0547 e. The van der Waals surface area contributed by atoms with Crippen LogP contribution in [0, 0.1) is 0 Å². The molecule has 0 spiro atoms. The summed E-state index contributed by atoms with van der Waals surface area (Å²) in [7, 11) is 0. The average Bonchev–Trinajstić information content (AvgIpc) is 3.67. The van der Waals surface area contributed by atoms with E-state index in [4.69, 9.17) is 0 Å². The first kappa shape index (κ1) is 34.1. The van der Waals surface area contributed by atoms with Crippen LogP contribution in [0.3, 0.4) is 0 Å². The van der Waals surface area contributed by atoms with E-state index >= 15 is 0 Å². The van der Waals surface area contributed by atoms with Crippen molar-refractivity contribution in [1.29, 1.82) is 0 Å². The van der Waals surface area contributed by atoms with Crippen LogP contribution in [0.4, 0.5) is 17.1 Å². The Morgan fingerprint density at radius 1 is 0.267 bits per heavy atom. The Labute approximate surface area is 348 Å². The highest BCUT2D eigenvalue weighted by Gasteiger charge is 2.19. The molecule has 11 aromatic carbocycles. The molecule has 0 aliphatic rings. The molecule has 12 rings (SSSR count). The molecule has 280 valence electrons. The monoisotopic (exact) mass is 762 g/mol. The number of benzene rings is 11. The van der Waals surface area contributed by atoms with Crippen molar-refractivity contribution in [2.24, 2.45) is 0 Å². The second-order valence-corrected chi connectivity index (χ2v) is 15.8. The summed E-state index contributed by atoms with van der Waals surface area (Å²) >= 11 is 0. The third-order valence-electron chi connectivity index (χ3n) is 12.3. The van der Waals surface area contributed by atoms with Crippen LogP contribution in [0.2, 0.25) is 0 Å². The summed E-state index contributed by atoms with van der Waals surface area (Å²) in [6.07, 6.45) is 0. The summed E-state index contributed by atoms with van der Waals surface area (Å²) < 4.78 is 2.44. The Kier molecular flexibility index (Phi) is 7.89. The Balaban J connectivity index is 0.982. The number of rotatable bonds is 6. The molecule has 0 fully saturated rings. The Morgan fingerprint density at radius 3 is 1.07 bits per heavy atom. The molecule has 0 saturated carbocycles. The lowest BCUT2D eigenvalue weighted by Crippen LogP contribution is -2.10. The summed E-state index contributed by atoms with van der Waals surface area (Å²) in [6.45, 7) is 0. The van der Waals surface area contributed by atoms with Gasteiger partial charge < -0.3 is 9.47 Å². The molecular weight excluding hydrogens is 725 g/mol. The molecule has 1 heterocycles. The molecule has 0 N–H and O–H groups in total. The zero-order chi connectivity index (χ0) is 39.6. The van der Waals surface area contributed by atoms with Gasteiger partial charge in [-0.25, -0.2) is 0 Å². The summed E-state index contributed by atoms with van der Waals surface area (Å²) in [6, 6.07) is 84.3. The maximum absolute atomic E-state index is 2.44. The summed E-state index contributed by atoms with van der Waals surface area (Å²) in [5.74, 6) is 0. The molecule has 0 atom stereocenters. The van der Waals surface area contributed by atoms with E-state index < -0.39 is 0 Å². The molecule has 60 heavy (non-hydrogen) atoms. The molecule has 1 aromatic heterocycles. The smallest absolute Gasteiger partial charge is 0.0547 e. The molecule has 12 aromatic rings. The van der Waals surface area contributed by atoms with Crippen molar-refractivity contribution < 1.29 is 0 Å². The average molecular weight is 763 g/mol. The van der Waals surface area contributed by atoms with Crippen molar-refractivity contribution in [3.05, 3.63) is 231 Å². The molecule has 0 unspecified atom stereocenters. The zero-order valence-corrected chi connectivity index (χ0v) is 32.8. The topological polar surface area (TPSA) is 8.17 Å². The molecule has 2 nitrogen and oxygen atoms in total. The molecule has 0 aliphatic carbocycles. The Morgan fingerprint density at radius 2 is 0.617 bits per heavy atom. The van der Waals surface area contributed by atoms with Gasteiger partial charge >= 0.3 is 0 Å². The number of nitrogens with zero attached hydrogens (tertiary/aromatic N) is 2. The Hall–Kier alpha value is -7.94. The molecule has 0 radical (unpaired) electrons. The van der Waals surface area contributed by atoms with Crippen LogP contribution in [0.1, 0.15) is 0 Å². The van der Waals surface area contributed by atoms with Gasteiger partial charge in [-0.3, -0.25) is 0 Å². The largest absolute Gasteiger partial charge is 0.311 e. The van der Waals surface area contributed by atoms with Gasteiger partial charge in [0.2, 0.25) is 0 Å². The fraction of sp³-hybridized carbons (Fsp3) is 0. The molecule has 0 amide bonds. The van der Waals surface area contributed by atoms with E-state index in [1.807, 2.05) is 0 Å². The van der Waals surface area contributed by atoms with Crippen molar-refractivity contribution in [3.63, 3.8) is 0 Å². The quantitative estimate of drug-likeness (QED) is 0.164. The number of anilines is 3. The van der Waals surface area contributed by atoms with Gasteiger partial charge in [0.05, 0.1) is 11.0 Å². The van der Waals surface area contributed by atoms with E-state index in [1.165, 1.54) is 87.1 Å². The fourth-order valence-electron chi connectivity index (χ4n) is 9.37. The van der Waals surface area contributed by atoms with Crippen LogP contribution >= 0.6 is 0 Å². The van der Waals surface area contributed by atoms with Gasteiger partial charge in [0.1, 0.15) is 0 Å². The van der Waals surface area contributed by atoms with Crippen molar-refractivity contribution >= 4 is 82.0 Å². The van der Waals surface area contributed by atoms with Crippen LogP contribution < -0.4 is 4.90 Å². The van der Waals surface area contributed by atoms with E-state index in [1.54, 1.807) is 0 Å². The van der Waals surface area contributed by atoms with E-state index in [-0.39, 0.29) is 0 Å². The summed E-state index contributed by atoms with van der Waals surface area (Å²) in [5.41, 5.74) is 11.6. The van der Waals surface area contributed by atoms with Crippen LogP contribution in [0.15, 0.2) is 231 Å². The predicted molar refractivity (Wildman–Crippen MR) is 256 cm³/mol. The van der Waals surface area contributed by atoms with E-state index in [9.17, 15) is 0 Å². The zero-order valence-electron chi connectivity index (χ0n) is 32.8. The van der Waals surface area contributed by atoms with Gasteiger partial charge in [0.15, 0.2) is 0 Å². The van der Waals surface area contributed by atoms with Gasteiger partial charge in [-0.2, -0.15) is 0 Å². The SMILES string of the molecule is c1ccc2cc(-c3ccc(N(c4ccc(-c5ccc6ccccc6c5)cc4)c4ccc(-n5c6ccc7ccccc7c6c6c7ccccc7ccc65)cc4)cc3)ccc2c1. The van der Waals surface area contributed by atoms with Gasteiger partial charge in [0, 0.05) is 33.5 Å². The maximum atomic E-state index is 2.44. The highest BCUT2D eigenvalue weighted by Crippen LogP contribution is 2.42. The number of fused-ring (bicyclic) bond motifs is 9. The fourth-order valence-corrected chi connectivity index (χ4v) is 9.37. The lowest BCUT2D eigenvalue weighted by molar-refractivity contribution is 1.17. The molecular formula is C58H38N2. The standard InChI is InChI=1S/C58H38N2/c1-3-13-45-37-47(19-17-39(45)9-1)41-21-27-49(28-22-41)59(50-29-23-42(24-30-50)48-20-18-40-10-2-4-14-46(40)38-48)51-31-33-52(34-32-51)60-55-35-25-43-11-5-7-15-53(43)57(55)58-54-16-8-6-12-44(54)26-36-56(58)60/h1-38H.